The lowest BCUT2D eigenvalue weighted by molar-refractivity contribution is -0.856. The van der Waals surface area contributed by atoms with Gasteiger partial charge in [0.1, 0.15) is 6.23 Å². The van der Waals surface area contributed by atoms with Crippen molar-refractivity contribution in [2.24, 2.45) is 0 Å². The molecule has 152 valence electrons. The van der Waals surface area contributed by atoms with Crippen molar-refractivity contribution in [1.29, 1.82) is 0 Å². The highest BCUT2D eigenvalue weighted by Crippen LogP contribution is 2.33. The molecule has 10 heteroatoms. The summed E-state index contributed by atoms with van der Waals surface area (Å²) in [5.74, 6) is -0.576. The van der Waals surface area contributed by atoms with Gasteiger partial charge in [0.15, 0.2) is 11.5 Å². The first-order valence-corrected chi connectivity index (χ1v) is 9.13. The minimum atomic E-state index is -0.750. The van der Waals surface area contributed by atoms with Crippen LogP contribution in [-0.4, -0.2) is 82.5 Å². The van der Waals surface area contributed by atoms with Crippen molar-refractivity contribution in [3.05, 3.63) is 23.8 Å². The zero-order chi connectivity index (χ0) is 20.1. The molecule has 10 nitrogen and oxygen atoms in total. The van der Waals surface area contributed by atoms with E-state index >= 15 is 0 Å². The van der Waals surface area contributed by atoms with Gasteiger partial charge in [-0.25, -0.2) is 0 Å². The number of carbonyl (C=O) groups excluding carboxylic acids is 3. The number of ether oxygens (including phenoxy) is 3. The summed E-state index contributed by atoms with van der Waals surface area (Å²) in [5, 5.41) is 5.07. The third-order valence-electron chi connectivity index (χ3n) is 4.42. The number of benzene rings is 1. The molecule has 1 fully saturated rings. The highest BCUT2D eigenvalue weighted by molar-refractivity contribution is 6.35. The Hall–Kier alpha value is -2.85. The minimum Gasteiger partial charge on any atom is -0.454 e. The van der Waals surface area contributed by atoms with Gasteiger partial charge < -0.3 is 34.6 Å². The quantitative estimate of drug-likeness (QED) is 0.465. The van der Waals surface area contributed by atoms with Crippen LogP contribution >= 0.6 is 0 Å². The van der Waals surface area contributed by atoms with Crippen molar-refractivity contribution in [2.45, 2.75) is 6.23 Å². The first-order chi connectivity index (χ1) is 13.5. The van der Waals surface area contributed by atoms with E-state index in [-0.39, 0.29) is 19.2 Å². The lowest BCUT2D eigenvalue weighted by Gasteiger charge is -2.23. The second kappa shape index (κ2) is 8.89. The molecule has 2 aliphatic heterocycles. The standard InChI is InChI=1S/C18H24N4O6/c1-21(2)6-5-19-16(23)17(24)20-10-15-22(7-8-26-15)18(25)12-3-4-13-14(9-12)28-11-27-13/h3-4,9,15H,5-8,10-11H2,1-2H3,(H,19,23)(H,20,24)/p+1/t15-/m0/s1. The zero-order valence-electron chi connectivity index (χ0n) is 15.9. The number of nitrogens with one attached hydrogen (secondary N) is 3. The lowest BCUT2D eigenvalue weighted by atomic mass is 10.1. The van der Waals surface area contributed by atoms with Crippen molar-refractivity contribution in [3.63, 3.8) is 0 Å². The maximum absolute atomic E-state index is 12.8. The lowest BCUT2D eigenvalue weighted by Crippen LogP contribution is -3.06. The fraction of sp³-hybridized carbons (Fsp3) is 0.500. The number of nitrogens with zero attached hydrogens (tertiary/aromatic N) is 1. The molecule has 3 N–H and O–H groups in total. The topological polar surface area (TPSA) is 111 Å². The van der Waals surface area contributed by atoms with E-state index in [9.17, 15) is 14.4 Å². The van der Waals surface area contributed by atoms with E-state index < -0.39 is 18.0 Å². The number of amides is 3. The predicted octanol–water partition coefficient (Wildman–Crippen LogP) is -2.41. The fourth-order valence-corrected chi connectivity index (χ4v) is 2.88. The van der Waals surface area contributed by atoms with Gasteiger partial charge in [0.2, 0.25) is 6.79 Å². The Bertz CT molecular complexity index is 754. The highest BCUT2D eigenvalue weighted by atomic mass is 16.7. The number of likely N-dealkylation sites (N-methyl/N-ethyl adjacent to an activating group) is 1. The van der Waals surface area contributed by atoms with Gasteiger partial charge >= 0.3 is 11.8 Å². The van der Waals surface area contributed by atoms with Crippen molar-refractivity contribution in [3.8, 4) is 11.5 Å². The summed E-state index contributed by atoms with van der Waals surface area (Å²) in [6.07, 6.45) is -0.638. The van der Waals surface area contributed by atoms with Gasteiger partial charge in [-0.15, -0.1) is 0 Å². The number of hydrogen-bond donors (Lipinski definition) is 3. The molecule has 0 aliphatic carbocycles. The van der Waals surface area contributed by atoms with Crippen LogP contribution in [0, 0.1) is 0 Å². The Morgan fingerprint density at radius 3 is 2.68 bits per heavy atom. The summed E-state index contributed by atoms with van der Waals surface area (Å²) < 4.78 is 16.1. The molecule has 0 spiro atoms. The van der Waals surface area contributed by atoms with Crippen LogP contribution in [0.15, 0.2) is 18.2 Å². The van der Waals surface area contributed by atoms with Crippen LogP contribution in [-0.2, 0) is 14.3 Å². The van der Waals surface area contributed by atoms with Gasteiger partial charge in [-0.2, -0.15) is 0 Å². The van der Waals surface area contributed by atoms with Crippen molar-refractivity contribution >= 4 is 17.7 Å². The monoisotopic (exact) mass is 393 g/mol. The molecule has 1 saturated heterocycles. The van der Waals surface area contributed by atoms with Crippen LogP contribution in [0.1, 0.15) is 10.4 Å². The third-order valence-corrected chi connectivity index (χ3v) is 4.42. The fourth-order valence-electron chi connectivity index (χ4n) is 2.88. The van der Waals surface area contributed by atoms with Crippen molar-refractivity contribution < 1.29 is 33.5 Å². The molecule has 1 aromatic rings. The molecule has 1 atom stereocenters. The Labute approximate surface area is 162 Å². The van der Waals surface area contributed by atoms with E-state index in [1.165, 1.54) is 4.90 Å². The Kier molecular flexibility index (Phi) is 6.32. The Balaban J connectivity index is 1.52. The summed E-state index contributed by atoms with van der Waals surface area (Å²) in [7, 11) is 3.91. The molecule has 0 aromatic heterocycles. The largest absolute Gasteiger partial charge is 0.454 e. The molecule has 0 radical (unpaired) electrons. The highest BCUT2D eigenvalue weighted by Gasteiger charge is 2.32. The average Bonchev–Trinajstić information content (AvgIpc) is 3.33. The maximum atomic E-state index is 12.8. The third kappa shape index (κ3) is 4.70. The van der Waals surface area contributed by atoms with Crippen LogP contribution in [0.5, 0.6) is 11.5 Å². The van der Waals surface area contributed by atoms with Crippen LogP contribution in [0.2, 0.25) is 0 Å². The van der Waals surface area contributed by atoms with Crippen LogP contribution in [0.4, 0.5) is 0 Å². The van der Waals surface area contributed by atoms with E-state index in [0.717, 1.165) is 4.90 Å². The maximum Gasteiger partial charge on any atom is 0.309 e. The Morgan fingerprint density at radius 2 is 1.89 bits per heavy atom. The van der Waals surface area contributed by atoms with Gasteiger partial charge in [-0.1, -0.05) is 0 Å². The van der Waals surface area contributed by atoms with E-state index in [1.54, 1.807) is 18.2 Å². The normalized spacial score (nSPS) is 17.7. The van der Waals surface area contributed by atoms with E-state index in [0.29, 0.717) is 43.3 Å². The van der Waals surface area contributed by atoms with Crippen molar-refractivity contribution in [2.75, 3.05) is 53.7 Å². The van der Waals surface area contributed by atoms with Gasteiger partial charge in [-0.05, 0) is 18.2 Å². The summed E-state index contributed by atoms with van der Waals surface area (Å²) >= 11 is 0. The van der Waals surface area contributed by atoms with E-state index in [2.05, 4.69) is 10.6 Å². The molecule has 3 rings (SSSR count). The van der Waals surface area contributed by atoms with Gasteiger partial charge in [0.25, 0.3) is 5.91 Å². The molecule has 1 aromatic carbocycles. The number of quaternary nitrogens is 1. The molecule has 3 amide bonds. The molecule has 2 aliphatic rings. The molecule has 0 bridgehead atoms. The van der Waals surface area contributed by atoms with E-state index in [1.807, 2.05) is 14.1 Å². The van der Waals surface area contributed by atoms with Crippen LogP contribution in [0.3, 0.4) is 0 Å². The first kappa shape index (κ1) is 19.9. The molecule has 0 saturated carbocycles. The summed E-state index contributed by atoms with van der Waals surface area (Å²) in [5.41, 5.74) is 0.440. The van der Waals surface area contributed by atoms with Crippen LogP contribution < -0.4 is 25.0 Å². The number of fused-ring (bicyclic) bond motifs is 1. The van der Waals surface area contributed by atoms with Crippen LogP contribution in [0.25, 0.3) is 0 Å². The molecule has 0 unspecified atom stereocenters. The SMILES string of the molecule is C[NH+](C)CCNC(=O)C(=O)NC[C@@H]1OCCN1C(=O)c1ccc2c(c1)OCO2. The second-order valence-corrected chi connectivity index (χ2v) is 6.82. The van der Waals surface area contributed by atoms with Gasteiger partial charge in [-0.3, -0.25) is 14.4 Å². The summed E-state index contributed by atoms with van der Waals surface area (Å²) in [6, 6.07) is 4.96. The first-order valence-electron chi connectivity index (χ1n) is 9.13. The summed E-state index contributed by atoms with van der Waals surface area (Å²) in [6.45, 7) is 2.03. The van der Waals surface area contributed by atoms with E-state index in [4.69, 9.17) is 14.2 Å². The molecular weight excluding hydrogens is 368 g/mol. The second-order valence-electron chi connectivity index (χ2n) is 6.82. The van der Waals surface area contributed by atoms with Gasteiger partial charge in [0.05, 0.1) is 40.3 Å². The minimum absolute atomic E-state index is 0.0292. The Morgan fingerprint density at radius 1 is 1.14 bits per heavy atom. The molecular formula is C18H25N4O6+. The smallest absolute Gasteiger partial charge is 0.309 e. The zero-order valence-corrected chi connectivity index (χ0v) is 15.9. The summed E-state index contributed by atoms with van der Waals surface area (Å²) in [4.78, 5) is 39.2. The predicted molar refractivity (Wildman–Crippen MR) is 97.0 cm³/mol. The molecule has 2 heterocycles. The van der Waals surface area contributed by atoms with Crippen molar-refractivity contribution in [1.82, 2.24) is 15.5 Å². The average molecular weight is 393 g/mol. The number of rotatable bonds is 6. The molecule has 28 heavy (non-hydrogen) atoms. The number of carbonyl (C=O) groups is 3. The van der Waals surface area contributed by atoms with Gasteiger partial charge in [0, 0.05) is 12.1 Å². The number of hydrogen-bond acceptors (Lipinski definition) is 6.